The topological polar surface area (TPSA) is 48.4 Å². The van der Waals surface area contributed by atoms with Crippen LogP contribution in [0.5, 0.6) is 5.88 Å². The van der Waals surface area contributed by atoms with E-state index in [2.05, 4.69) is 24.1 Å². The summed E-state index contributed by atoms with van der Waals surface area (Å²) in [5.41, 5.74) is 0.319. The largest absolute Gasteiger partial charge is 0.469 e. The number of hydrogen-bond acceptors (Lipinski definition) is 5. The molecule has 1 aromatic heterocycles. The highest BCUT2D eigenvalue weighted by Crippen LogP contribution is 2.41. The van der Waals surface area contributed by atoms with E-state index in [1.54, 1.807) is 6.92 Å². The molecule has 2 rings (SSSR count). The number of aryl methyl sites for hydroxylation is 1. The summed E-state index contributed by atoms with van der Waals surface area (Å²) < 4.78 is 10.8. The molecule has 1 heterocycles. The summed E-state index contributed by atoms with van der Waals surface area (Å²) in [4.78, 5) is 16.6. The zero-order valence-electron chi connectivity index (χ0n) is 13.1. The number of ether oxygens (including phenoxy) is 2. The molecular formula is C16H23NO3S. The number of carbonyl (C=O) groups excluding carboxylic acids is 1. The van der Waals surface area contributed by atoms with Crippen molar-refractivity contribution in [3.05, 3.63) is 22.0 Å². The van der Waals surface area contributed by atoms with Crippen LogP contribution in [0.3, 0.4) is 0 Å². The summed E-state index contributed by atoms with van der Waals surface area (Å²) in [6.07, 6.45) is 7.94. The summed E-state index contributed by atoms with van der Waals surface area (Å²) in [5.74, 6) is 0.0205. The average molecular weight is 309 g/mol. The first-order chi connectivity index (χ1) is 9.93. The van der Waals surface area contributed by atoms with Gasteiger partial charge < -0.3 is 9.47 Å². The van der Waals surface area contributed by atoms with Crippen LogP contribution in [0.25, 0.3) is 0 Å². The lowest BCUT2D eigenvalue weighted by atomic mass is 9.70. The summed E-state index contributed by atoms with van der Waals surface area (Å²) in [6.45, 7) is 8.22. The van der Waals surface area contributed by atoms with Crippen molar-refractivity contribution in [3.8, 4) is 5.88 Å². The van der Waals surface area contributed by atoms with Gasteiger partial charge in [0.05, 0.1) is 11.6 Å². The van der Waals surface area contributed by atoms with Gasteiger partial charge in [-0.15, -0.1) is 11.3 Å². The van der Waals surface area contributed by atoms with Crippen LogP contribution in [0.1, 0.15) is 54.7 Å². The molecule has 4 nitrogen and oxygen atoms in total. The van der Waals surface area contributed by atoms with Gasteiger partial charge in [-0.05, 0) is 45.1 Å². The van der Waals surface area contributed by atoms with Crippen LogP contribution in [0.4, 0.5) is 0 Å². The monoisotopic (exact) mass is 309 g/mol. The Labute approximate surface area is 130 Å². The standard InChI is InChI=1S/C16H23NO3S/c1-5-19-15(18)13-14(17-12(3)21-13)20-11(2)7-10-16(4)8-6-9-16/h7,10-11H,5-6,8-9H2,1-4H3/b10-7+/t11-/m0/s1. The molecule has 1 saturated carbocycles. The van der Waals surface area contributed by atoms with E-state index in [0.717, 1.165) is 5.01 Å². The third-order valence-corrected chi connectivity index (χ3v) is 4.66. The molecule has 1 aliphatic carbocycles. The highest BCUT2D eigenvalue weighted by atomic mass is 32.1. The molecule has 0 aliphatic heterocycles. The van der Waals surface area contributed by atoms with Crippen molar-refractivity contribution >= 4 is 17.3 Å². The SMILES string of the molecule is CCOC(=O)c1sc(C)nc1O[C@@H](C)/C=C/C1(C)CCC1. The highest BCUT2D eigenvalue weighted by Gasteiger charge is 2.29. The fraction of sp³-hybridized carbons (Fsp3) is 0.625. The number of hydrogen-bond donors (Lipinski definition) is 0. The summed E-state index contributed by atoms with van der Waals surface area (Å²) in [5, 5.41) is 0.801. The third kappa shape index (κ3) is 4.06. The number of allylic oxidation sites excluding steroid dienone is 1. The Morgan fingerprint density at radius 2 is 2.24 bits per heavy atom. The van der Waals surface area contributed by atoms with E-state index in [4.69, 9.17) is 9.47 Å². The first kappa shape index (κ1) is 16.0. The van der Waals surface area contributed by atoms with E-state index in [9.17, 15) is 4.79 Å². The minimum atomic E-state index is -0.361. The smallest absolute Gasteiger partial charge is 0.353 e. The lowest BCUT2D eigenvalue weighted by molar-refractivity contribution is 0.0526. The van der Waals surface area contributed by atoms with E-state index in [0.29, 0.717) is 22.8 Å². The molecule has 5 heteroatoms. The van der Waals surface area contributed by atoms with Crippen LogP contribution in [-0.4, -0.2) is 23.7 Å². The Morgan fingerprint density at radius 1 is 1.52 bits per heavy atom. The van der Waals surface area contributed by atoms with Crippen molar-refractivity contribution in [1.29, 1.82) is 0 Å². The van der Waals surface area contributed by atoms with Crippen LogP contribution in [0, 0.1) is 12.3 Å². The highest BCUT2D eigenvalue weighted by molar-refractivity contribution is 7.13. The molecule has 1 fully saturated rings. The van der Waals surface area contributed by atoms with E-state index >= 15 is 0 Å². The van der Waals surface area contributed by atoms with E-state index in [1.807, 2.05) is 13.8 Å². The number of rotatable bonds is 6. The molecule has 0 amide bonds. The summed E-state index contributed by atoms with van der Waals surface area (Å²) in [7, 11) is 0. The minimum Gasteiger partial charge on any atom is -0.469 e. The Morgan fingerprint density at radius 3 is 2.81 bits per heavy atom. The van der Waals surface area contributed by atoms with Crippen LogP contribution in [-0.2, 0) is 4.74 Å². The predicted octanol–water partition coefficient (Wildman–Crippen LogP) is 4.14. The zero-order valence-corrected chi connectivity index (χ0v) is 14.0. The second-order valence-corrected chi connectivity index (χ2v) is 6.98. The molecule has 0 N–H and O–H groups in total. The van der Waals surface area contributed by atoms with Gasteiger partial charge in [0, 0.05) is 0 Å². The normalized spacial score (nSPS) is 18.3. The fourth-order valence-corrected chi connectivity index (χ4v) is 3.05. The first-order valence-corrected chi connectivity index (χ1v) is 8.26. The number of carbonyl (C=O) groups is 1. The Kier molecular flexibility index (Phi) is 5.04. The van der Waals surface area contributed by atoms with Crippen LogP contribution >= 0.6 is 11.3 Å². The van der Waals surface area contributed by atoms with Crippen molar-refractivity contribution in [2.24, 2.45) is 5.41 Å². The molecule has 0 spiro atoms. The maximum atomic E-state index is 11.9. The Balaban J connectivity index is 2.03. The number of nitrogens with zero attached hydrogens (tertiary/aromatic N) is 1. The average Bonchev–Trinajstić information content (AvgIpc) is 2.75. The summed E-state index contributed by atoms with van der Waals surface area (Å²) in [6, 6.07) is 0. The van der Waals surface area contributed by atoms with Gasteiger partial charge in [-0.2, -0.15) is 0 Å². The van der Waals surface area contributed by atoms with Crippen molar-refractivity contribution in [1.82, 2.24) is 4.98 Å². The Bertz CT molecular complexity index is 532. The molecule has 116 valence electrons. The van der Waals surface area contributed by atoms with Gasteiger partial charge in [0.2, 0.25) is 5.88 Å². The zero-order chi connectivity index (χ0) is 15.5. The maximum absolute atomic E-state index is 11.9. The van der Waals surface area contributed by atoms with Crippen LogP contribution in [0.15, 0.2) is 12.2 Å². The molecule has 1 aliphatic rings. The van der Waals surface area contributed by atoms with E-state index < -0.39 is 0 Å². The number of thiazole rings is 1. The second-order valence-electron chi connectivity index (χ2n) is 5.78. The van der Waals surface area contributed by atoms with Crippen molar-refractivity contribution < 1.29 is 14.3 Å². The Hall–Kier alpha value is -1.36. The number of esters is 1. The number of aromatic nitrogens is 1. The van der Waals surface area contributed by atoms with Gasteiger partial charge in [-0.25, -0.2) is 9.78 Å². The van der Waals surface area contributed by atoms with Crippen molar-refractivity contribution in [2.75, 3.05) is 6.61 Å². The lowest BCUT2D eigenvalue weighted by Gasteiger charge is -2.35. The molecule has 1 atom stereocenters. The van der Waals surface area contributed by atoms with Gasteiger partial charge in [0.25, 0.3) is 0 Å². The van der Waals surface area contributed by atoms with Gasteiger partial charge in [0.1, 0.15) is 6.10 Å². The summed E-state index contributed by atoms with van der Waals surface area (Å²) >= 11 is 1.31. The first-order valence-electron chi connectivity index (χ1n) is 7.44. The quantitative estimate of drug-likeness (QED) is 0.585. The molecular weight excluding hydrogens is 286 g/mol. The van der Waals surface area contributed by atoms with Gasteiger partial charge >= 0.3 is 5.97 Å². The van der Waals surface area contributed by atoms with Crippen LogP contribution < -0.4 is 4.74 Å². The van der Waals surface area contributed by atoms with Crippen molar-refractivity contribution in [3.63, 3.8) is 0 Å². The molecule has 0 radical (unpaired) electrons. The van der Waals surface area contributed by atoms with Crippen molar-refractivity contribution in [2.45, 2.75) is 53.1 Å². The minimum absolute atomic E-state index is 0.114. The molecule has 0 unspecified atom stereocenters. The van der Waals surface area contributed by atoms with Crippen LogP contribution in [0.2, 0.25) is 0 Å². The lowest BCUT2D eigenvalue weighted by Crippen LogP contribution is -2.23. The second kappa shape index (κ2) is 6.60. The predicted molar refractivity (Wildman–Crippen MR) is 84.0 cm³/mol. The molecule has 0 bridgehead atoms. The third-order valence-electron chi connectivity index (χ3n) is 3.73. The maximum Gasteiger partial charge on any atom is 0.353 e. The molecule has 21 heavy (non-hydrogen) atoms. The molecule has 1 aromatic rings. The van der Waals surface area contributed by atoms with Gasteiger partial charge in [0.15, 0.2) is 4.88 Å². The molecule has 0 saturated heterocycles. The molecule has 0 aromatic carbocycles. The van der Waals surface area contributed by atoms with Gasteiger partial charge in [-0.1, -0.05) is 19.4 Å². The van der Waals surface area contributed by atoms with E-state index in [1.165, 1.54) is 30.6 Å². The van der Waals surface area contributed by atoms with Gasteiger partial charge in [-0.3, -0.25) is 0 Å². The van der Waals surface area contributed by atoms with E-state index in [-0.39, 0.29) is 12.1 Å². The fourth-order valence-electron chi connectivity index (χ4n) is 2.30.